The van der Waals surface area contributed by atoms with Gasteiger partial charge < -0.3 is 24.3 Å². The number of hydrogen-bond donors (Lipinski definition) is 1. The molecule has 0 saturated heterocycles. The van der Waals surface area contributed by atoms with Crippen LogP contribution in [0.2, 0.25) is 0 Å². The summed E-state index contributed by atoms with van der Waals surface area (Å²) in [4.78, 5) is 27.5. The molecule has 1 aliphatic rings. The van der Waals surface area contributed by atoms with Crippen molar-refractivity contribution in [3.05, 3.63) is 63.9 Å². The second kappa shape index (κ2) is 10.5. The van der Waals surface area contributed by atoms with Crippen molar-refractivity contribution in [1.82, 2.24) is 10.2 Å². The van der Waals surface area contributed by atoms with Crippen LogP contribution in [0.4, 0.5) is 4.79 Å². The van der Waals surface area contributed by atoms with E-state index < -0.39 is 12.0 Å². The van der Waals surface area contributed by atoms with E-state index in [9.17, 15) is 9.59 Å². The number of nitrogens with one attached hydrogen (secondary N) is 1. The van der Waals surface area contributed by atoms with Crippen LogP contribution in [0.15, 0.2) is 41.6 Å². The topological polar surface area (TPSA) is 86.3 Å². The van der Waals surface area contributed by atoms with Crippen LogP contribution in [0.5, 0.6) is 17.2 Å². The van der Waals surface area contributed by atoms with E-state index in [2.05, 4.69) is 11.4 Å². The van der Waals surface area contributed by atoms with Gasteiger partial charge in [-0.2, -0.15) is 0 Å². The number of likely N-dealkylation sites (N-methyl/N-ethyl adjacent to an activating group) is 1. The van der Waals surface area contributed by atoms with Crippen molar-refractivity contribution < 1.29 is 28.5 Å². The SMILES string of the molecule is CCOC(=O)C1=C(COc2cc(C)cc(C)c2C)N(C)C(=O)NC1c1cccc(OC)c1OC. The maximum absolute atomic E-state index is 13.2. The third kappa shape index (κ3) is 4.81. The van der Waals surface area contributed by atoms with Crippen molar-refractivity contribution in [2.24, 2.45) is 0 Å². The number of carbonyl (C=O) groups is 2. The van der Waals surface area contributed by atoms with E-state index in [4.69, 9.17) is 18.9 Å². The van der Waals surface area contributed by atoms with Crippen molar-refractivity contribution in [2.75, 3.05) is 34.5 Å². The predicted molar refractivity (Wildman–Crippen MR) is 128 cm³/mol. The Morgan fingerprint density at radius 1 is 1.09 bits per heavy atom. The monoisotopic (exact) mass is 468 g/mol. The van der Waals surface area contributed by atoms with Gasteiger partial charge in [0.2, 0.25) is 0 Å². The van der Waals surface area contributed by atoms with Crippen LogP contribution < -0.4 is 19.5 Å². The highest BCUT2D eigenvalue weighted by Crippen LogP contribution is 2.40. The smallest absolute Gasteiger partial charge is 0.338 e. The van der Waals surface area contributed by atoms with Gasteiger partial charge in [0, 0.05) is 12.6 Å². The van der Waals surface area contributed by atoms with Crippen LogP contribution >= 0.6 is 0 Å². The highest BCUT2D eigenvalue weighted by Gasteiger charge is 2.39. The van der Waals surface area contributed by atoms with Gasteiger partial charge in [-0.05, 0) is 56.5 Å². The summed E-state index contributed by atoms with van der Waals surface area (Å²) in [5.74, 6) is 1.06. The van der Waals surface area contributed by atoms with E-state index >= 15 is 0 Å². The van der Waals surface area contributed by atoms with Crippen LogP contribution in [0.1, 0.15) is 35.2 Å². The molecule has 0 spiro atoms. The summed E-state index contributed by atoms with van der Waals surface area (Å²) in [7, 11) is 4.64. The van der Waals surface area contributed by atoms with Gasteiger partial charge in [0.05, 0.1) is 38.1 Å². The van der Waals surface area contributed by atoms with Crippen molar-refractivity contribution in [3.63, 3.8) is 0 Å². The number of rotatable bonds is 8. The molecule has 34 heavy (non-hydrogen) atoms. The molecule has 8 nitrogen and oxygen atoms in total. The first kappa shape index (κ1) is 25.0. The van der Waals surface area contributed by atoms with Gasteiger partial charge in [-0.3, -0.25) is 4.90 Å². The molecule has 1 heterocycles. The number of benzene rings is 2. The number of aryl methyl sites for hydroxylation is 2. The zero-order valence-corrected chi connectivity index (χ0v) is 20.8. The Labute approximate surface area is 200 Å². The first-order valence-corrected chi connectivity index (χ1v) is 11.1. The van der Waals surface area contributed by atoms with Crippen molar-refractivity contribution >= 4 is 12.0 Å². The predicted octanol–water partition coefficient (Wildman–Crippen LogP) is 4.22. The molecule has 2 aromatic carbocycles. The zero-order valence-electron chi connectivity index (χ0n) is 20.8. The largest absolute Gasteiger partial charge is 0.493 e. The van der Waals surface area contributed by atoms with Gasteiger partial charge in [0.1, 0.15) is 12.4 Å². The van der Waals surface area contributed by atoms with Crippen molar-refractivity contribution in [1.29, 1.82) is 0 Å². The number of esters is 1. The fraction of sp³-hybridized carbons (Fsp3) is 0.385. The Balaban J connectivity index is 2.14. The molecule has 182 valence electrons. The lowest BCUT2D eigenvalue weighted by molar-refractivity contribution is -0.139. The van der Waals surface area contributed by atoms with Crippen LogP contribution in [0.3, 0.4) is 0 Å². The summed E-state index contributed by atoms with van der Waals surface area (Å²) >= 11 is 0. The van der Waals surface area contributed by atoms with E-state index in [1.54, 1.807) is 32.2 Å². The summed E-state index contributed by atoms with van der Waals surface area (Å²) in [5.41, 5.74) is 4.42. The number of amides is 2. The molecule has 0 bridgehead atoms. The lowest BCUT2D eigenvalue weighted by atomic mass is 9.93. The average molecular weight is 469 g/mol. The Kier molecular flexibility index (Phi) is 7.71. The molecule has 2 amide bonds. The van der Waals surface area contributed by atoms with Crippen LogP contribution in [-0.4, -0.2) is 51.4 Å². The molecule has 1 aliphatic heterocycles. The first-order chi connectivity index (χ1) is 16.2. The minimum atomic E-state index is -0.813. The van der Waals surface area contributed by atoms with E-state index in [0.29, 0.717) is 28.5 Å². The Hall–Kier alpha value is -3.68. The third-order valence-corrected chi connectivity index (χ3v) is 5.95. The molecule has 0 aliphatic carbocycles. The maximum Gasteiger partial charge on any atom is 0.338 e. The second-order valence-corrected chi connectivity index (χ2v) is 8.10. The standard InChI is InChI=1S/C26H32N2O6/c1-8-33-25(29)22-19(14-34-21-13-15(2)12-16(3)17(21)4)28(5)26(30)27-23(22)18-10-9-11-20(31-6)24(18)32-7/h9-13,23H,8,14H2,1-7H3,(H,27,30). The Morgan fingerprint density at radius 2 is 1.82 bits per heavy atom. The number of methoxy groups -OCH3 is 2. The number of urea groups is 1. The average Bonchev–Trinajstić information content (AvgIpc) is 2.81. The van der Waals surface area contributed by atoms with Crippen LogP contribution in [-0.2, 0) is 9.53 Å². The van der Waals surface area contributed by atoms with Gasteiger partial charge in [-0.15, -0.1) is 0 Å². The maximum atomic E-state index is 13.2. The molecule has 1 N–H and O–H groups in total. The van der Waals surface area contributed by atoms with E-state index in [-0.39, 0.29) is 24.8 Å². The minimum absolute atomic E-state index is 0.00455. The summed E-state index contributed by atoms with van der Waals surface area (Å²) in [5, 5.41) is 2.89. The van der Waals surface area contributed by atoms with Crippen LogP contribution in [0.25, 0.3) is 0 Å². The van der Waals surface area contributed by atoms with Gasteiger partial charge in [-0.25, -0.2) is 9.59 Å². The van der Waals surface area contributed by atoms with Crippen LogP contribution in [0, 0.1) is 20.8 Å². The molecule has 8 heteroatoms. The molecule has 0 aromatic heterocycles. The molecule has 1 unspecified atom stereocenters. The van der Waals surface area contributed by atoms with Gasteiger partial charge in [-0.1, -0.05) is 18.2 Å². The molecule has 2 aromatic rings. The molecular weight excluding hydrogens is 436 g/mol. The second-order valence-electron chi connectivity index (χ2n) is 8.10. The van der Waals surface area contributed by atoms with Gasteiger partial charge in [0.25, 0.3) is 0 Å². The number of ether oxygens (including phenoxy) is 4. The molecule has 3 rings (SSSR count). The fourth-order valence-electron chi connectivity index (χ4n) is 4.05. The lowest BCUT2D eigenvalue weighted by Gasteiger charge is -2.35. The highest BCUT2D eigenvalue weighted by molar-refractivity contribution is 5.95. The molecule has 0 saturated carbocycles. The fourth-order valence-corrected chi connectivity index (χ4v) is 4.05. The number of nitrogens with zero attached hydrogens (tertiary/aromatic N) is 1. The zero-order chi connectivity index (χ0) is 25.0. The van der Waals surface area contributed by atoms with Crippen molar-refractivity contribution in [2.45, 2.75) is 33.7 Å². The number of hydrogen-bond acceptors (Lipinski definition) is 6. The molecule has 0 fully saturated rings. The first-order valence-electron chi connectivity index (χ1n) is 11.1. The van der Waals surface area contributed by atoms with E-state index in [1.807, 2.05) is 26.8 Å². The normalized spacial score (nSPS) is 15.7. The number of para-hydroxylation sites is 1. The highest BCUT2D eigenvalue weighted by atomic mass is 16.5. The number of carbonyl (C=O) groups excluding carboxylic acids is 2. The Bertz CT molecular complexity index is 1120. The van der Waals surface area contributed by atoms with Crippen molar-refractivity contribution in [3.8, 4) is 17.2 Å². The summed E-state index contributed by atoms with van der Waals surface area (Å²) < 4.78 is 22.5. The lowest BCUT2D eigenvalue weighted by Crippen LogP contribution is -2.48. The molecule has 0 radical (unpaired) electrons. The van der Waals surface area contributed by atoms with Gasteiger partial charge >= 0.3 is 12.0 Å². The Morgan fingerprint density at radius 3 is 2.47 bits per heavy atom. The quantitative estimate of drug-likeness (QED) is 0.584. The minimum Gasteiger partial charge on any atom is -0.493 e. The summed E-state index contributed by atoms with van der Waals surface area (Å²) in [6, 6.07) is 8.14. The van der Waals surface area contributed by atoms with E-state index in [0.717, 1.165) is 16.7 Å². The molecule has 1 atom stereocenters. The molecular formula is C26H32N2O6. The summed E-state index contributed by atoms with van der Waals surface area (Å²) in [6.07, 6.45) is 0. The van der Waals surface area contributed by atoms with E-state index in [1.165, 1.54) is 19.1 Å². The summed E-state index contributed by atoms with van der Waals surface area (Å²) in [6.45, 7) is 7.92. The third-order valence-electron chi connectivity index (χ3n) is 5.95. The van der Waals surface area contributed by atoms with Gasteiger partial charge in [0.15, 0.2) is 11.5 Å².